The Morgan fingerprint density at radius 1 is 0.886 bits per heavy atom. The van der Waals surface area contributed by atoms with E-state index in [9.17, 15) is 18.3 Å². The van der Waals surface area contributed by atoms with Gasteiger partial charge in [-0.1, -0.05) is 72.3 Å². The summed E-state index contributed by atoms with van der Waals surface area (Å²) in [6, 6.07) is 24.7. The van der Waals surface area contributed by atoms with Crippen molar-refractivity contribution in [2.75, 3.05) is 0 Å². The Bertz CT molecular complexity index is 1500. The van der Waals surface area contributed by atoms with Crippen LogP contribution in [0.1, 0.15) is 16.8 Å². The molecule has 0 spiro atoms. The van der Waals surface area contributed by atoms with Crippen LogP contribution in [-0.2, 0) is 12.8 Å². The van der Waals surface area contributed by atoms with Gasteiger partial charge in [-0.15, -0.1) is 0 Å². The van der Waals surface area contributed by atoms with Crippen LogP contribution in [0, 0.1) is 6.92 Å². The van der Waals surface area contributed by atoms with E-state index in [0.29, 0.717) is 23.3 Å². The minimum absolute atomic E-state index is 0.0104. The van der Waals surface area contributed by atoms with E-state index in [1.807, 2.05) is 49.4 Å². The van der Waals surface area contributed by atoms with E-state index in [2.05, 4.69) is 10.2 Å². The molecule has 5 rings (SSSR count). The highest BCUT2D eigenvalue weighted by Crippen LogP contribution is 2.45. The van der Waals surface area contributed by atoms with Gasteiger partial charge in [-0.3, -0.25) is 5.10 Å². The zero-order valence-corrected chi connectivity index (χ0v) is 18.7. The van der Waals surface area contributed by atoms with Crippen molar-refractivity contribution in [2.24, 2.45) is 0 Å². The van der Waals surface area contributed by atoms with Gasteiger partial charge in [0.25, 0.3) is 0 Å². The minimum Gasteiger partial charge on any atom is -0.507 e. The number of fused-ring (bicyclic) bond motifs is 1. The van der Waals surface area contributed by atoms with Crippen molar-refractivity contribution in [3.05, 3.63) is 102 Å². The van der Waals surface area contributed by atoms with E-state index in [1.54, 1.807) is 30.3 Å². The van der Waals surface area contributed by atoms with Crippen molar-refractivity contribution >= 4 is 10.8 Å². The molecule has 0 aliphatic heterocycles. The fourth-order valence-corrected chi connectivity index (χ4v) is 4.10. The first kappa shape index (κ1) is 22.5. The van der Waals surface area contributed by atoms with E-state index in [0.717, 1.165) is 16.5 Å². The third-order valence-corrected chi connectivity index (χ3v) is 5.86. The quantitative estimate of drug-likeness (QED) is 0.277. The van der Waals surface area contributed by atoms with Crippen LogP contribution in [0.25, 0.3) is 33.2 Å². The summed E-state index contributed by atoms with van der Waals surface area (Å²) in [6.45, 7) is 2.29. The number of hydrogen-bond acceptors (Lipinski definition) is 3. The van der Waals surface area contributed by atoms with Crippen molar-refractivity contribution in [2.45, 2.75) is 19.7 Å². The Morgan fingerprint density at radius 2 is 1.63 bits per heavy atom. The second kappa shape index (κ2) is 8.83. The number of phenolic OH excluding ortho intramolecular Hbond substituents is 1. The van der Waals surface area contributed by atoms with Crippen LogP contribution in [0.15, 0.2) is 84.9 Å². The number of nitrogens with zero attached hydrogens (tertiary/aromatic N) is 1. The molecule has 0 amide bonds. The molecule has 176 valence electrons. The Kier molecular flexibility index (Phi) is 5.68. The van der Waals surface area contributed by atoms with E-state index in [4.69, 9.17) is 4.74 Å². The number of aromatic hydroxyl groups is 1. The molecule has 4 nitrogen and oxygen atoms in total. The van der Waals surface area contributed by atoms with Gasteiger partial charge in [0.2, 0.25) is 0 Å². The van der Waals surface area contributed by atoms with Crippen LogP contribution in [0.5, 0.6) is 11.5 Å². The monoisotopic (exact) mass is 474 g/mol. The average Bonchev–Trinajstić information content (AvgIpc) is 3.29. The van der Waals surface area contributed by atoms with Crippen molar-refractivity contribution < 1.29 is 23.0 Å². The number of halogens is 3. The fourth-order valence-electron chi connectivity index (χ4n) is 4.10. The maximum absolute atomic E-state index is 14.0. The van der Waals surface area contributed by atoms with Crippen LogP contribution in [0.3, 0.4) is 0 Å². The molecule has 0 aliphatic rings. The van der Waals surface area contributed by atoms with E-state index < -0.39 is 11.9 Å². The summed E-state index contributed by atoms with van der Waals surface area (Å²) in [5.74, 6) is 0.165. The summed E-state index contributed by atoms with van der Waals surface area (Å²) >= 11 is 0. The number of nitrogens with one attached hydrogen (secondary N) is 1. The number of H-pyrrole nitrogens is 1. The number of phenols is 1. The summed E-state index contributed by atoms with van der Waals surface area (Å²) < 4.78 is 47.6. The van der Waals surface area contributed by atoms with Crippen LogP contribution in [0.2, 0.25) is 0 Å². The first-order valence-corrected chi connectivity index (χ1v) is 11.0. The summed E-state index contributed by atoms with van der Waals surface area (Å²) in [4.78, 5) is 0. The highest BCUT2D eigenvalue weighted by molar-refractivity contribution is 6.01. The molecule has 0 bridgehead atoms. The van der Waals surface area contributed by atoms with Crippen LogP contribution in [-0.4, -0.2) is 15.3 Å². The maximum Gasteiger partial charge on any atom is 0.433 e. The molecule has 0 fully saturated rings. The Balaban J connectivity index is 1.56. The number of ether oxygens (including phenoxy) is 1. The topological polar surface area (TPSA) is 58.1 Å². The van der Waals surface area contributed by atoms with Gasteiger partial charge in [0, 0.05) is 17.2 Å². The fraction of sp³-hybridized carbons (Fsp3) is 0.107. The SMILES string of the molecule is Cc1ccc(COc2ccc(-c3n[nH]c(C(F)(F)F)c3-c3cccc4ccccc34)c(O)c2)cc1. The van der Waals surface area contributed by atoms with Crippen LogP contribution < -0.4 is 4.74 Å². The second-order valence-electron chi connectivity index (χ2n) is 8.30. The summed E-state index contributed by atoms with van der Waals surface area (Å²) in [5.41, 5.74) is 1.56. The molecule has 35 heavy (non-hydrogen) atoms. The Labute approximate surface area is 199 Å². The lowest BCUT2D eigenvalue weighted by Crippen LogP contribution is -2.07. The van der Waals surface area contributed by atoms with Gasteiger partial charge in [-0.25, -0.2) is 0 Å². The molecule has 7 heteroatoms. The molecule has 4 aromatic carbocycles. The van der Waals surface area contributed by atoms with E-state index in [1.165, 1.54) is 12.1 Å². The first-order valence-electron chi connectivity index (χ1n) is 11.0. The molecule has 0 radical (unpaired) electrons. The Morgan fingerprint density at radius 3 is 2.37 bits per heavy atom. The lowest BCUT2D eigenvalue weighted by atomic mass is 9.93. The van der Waals surface area contributed by atoms with Gasteiger partial charge in [-0.2, -0.15) is 18.3 Å². The number of aromatic amines is 1. The zero-order chi connectivity index (χ0) is 24.6. The second-order valence-corrected chi connectivity index (χ2v) is 8.30. The normalized spacial score (nSPS) is 11.7. The van der Waals surface area contributed by atoms with Gasteiger partial charge >= 0.3 is 6.18 Å². The van der Waals surface area contributed by atoms with Gasteiger partial charge in [0.05, 0.1) is 0 Å². The summed E-state index contributed by atoms with van der Waals surface area (Å²) in [6.07, 6.45) is -4.66. The summed E-state index contributed by atoms with van der Waals surface area (Å²) in [7, 11) is 0. The largest absolute Gasteiger partial charge is 0.507 e. The first-order chi connectivity index (χ1) is 16.8. The van der Waals surface area contributed by atoms with E-state index >= 15 is 0 Å². The highest BCUT2D eigenvalue weighted by Gasteiger charge is 2.38. The van der Waals surface area contributed by atoms with Crippen molar-refractivity contribution in [3.63, 3.8) is 0 Å². The van der Waals surface area contributed by atoms with Crippen LogP contribution in [0.4, 0.5) is 13.2 Å². The minimum atomic E-state index is -4.66. The average molecular weight is 474 g/mol. The lowest BCUT2D eigenvalue weighted by Gasteiger charge is -2.13. The van der Waals surface area contributed by atoms with Crippen LogP contribution >= 0.6 is 0 Å². The molecule has 2 N–H and O–H groups in total. The smallest absolute Gasteiger partial charge is 0.433 e. The molecule has 1 heterocycles. The van der Waals surface area contributed by atoms with Gasteiger partial charge < -0.3 is 9.84 Å². The van der Waals surface area contributed by atoms with Gasteiger partial charge in [-0.05, 0) is 41.0 Å². The molecule has 0 atom stereocenters. The molecular formula is C28H21F3N2O2. The van der Waals surface area contributed by atoms with Gasteiger partial charge in [0.15, 0.2) is 0 Å². The number of benzene rings is 4. The highest BCUT2D eigenvalue weighted by atomic mass is 19.4. The number of rotatable bonds is 5. The number of alkyl halides is 3. The predicted octanol–water partition coefficient (Wildman–Crippen LogP) is 7.51. The zero-order valence-electron chi connectivity index (χ0n) is 18.7. The molecule has 1 aromatic heterocycles. The third kappa shape index (κ3) is 4.45. The standard InChI is InChI=1S/C28H21F3N2O2/c1-17-9-11-18(12-10-17)16-35-20-13-14-23(24(34)15-20)26-25(27(33-32-26)28(29,30)31)22-8-4-6-19-5-2-3-7-21(19)22/h2-15,34H,16H2,1H3,(H,32,33). The third-order valence-electron chi connectivity index (χ3n) is 5.86. The number of aryl methyl sites for hydroxylation is 1. The van der Waals surface area contributed by atoms with E-state index in [-0.39, 0.29) is 22.6 Å². The maximum atomic E-state index is 14.0. The van der Waals surface area contributed by atoms with Crippen molar-refractivity contribution in [1.82, 2.24) is 10.2 Å². The molecule has 0 saturated heterocycles. The Hall–Kier alpha value is -4.26. The van der Waals surface area contributed by atoms with Crippen molar-refractivity contribution in [1.29, 1.82) is 0 Å². The molecule has 0 aliphatic carbocycles. The summed E-state index contributed by atoms with van der Waals surface area (Å²) in [5, 5.41) is 18.3. The number of hydrogen-bond donors (Lipinski definition) is 2. The van der Waals surface area contributed by atoms with Gasteiger partial charge in [0.1, 0.15) is 29.5 Å². The lowest BCUT2D eigenvalue weighted by molar-refractivity contribution is -0.140. The molecule has 5 aromatic rings. The van der Waals surface area contributed by atoms with Crippen molar-refractivity contribution in [3.8, 4) is 33.9 Å². The number of aromatic nitrogens is 2. The molecule has 0 saturated carbocycles. The molecular weight excluding hydrogens is 453 g/mol. The molecule has 0 unspecified atom stereocenters. The predicted molar refractivity (Wildman–Crippen MR) is 129 cm³/mol.